The smallest absolute Gasteiger partial charge is 0.438 e. The van der Waals surface area contributed by atoms with E-state index in [-0.39, 0.29) is 21.5 Å². The molecule has 3 rings (SSSR count). The van der Waals surface area contributed by atoms with Gasteiger partial charge in [0.1, 0.15) is 11.5 Å². The summed E-state index contributed by atoms with van der Waals surface area (Å²) < 4.78 is 51.1. The highest BCUT2D eigenvalue weighted by Gasteiger charge is 2.63. The minimum absolute atomic E-state index is 0.00358. The van der Waals surface area contributed by atoms with Crippen molar-refractivity contribution in [1.82, 2.24) is 5.01 Å². The third-order valence-electron chi connectivity index (χ3n) is 4.34. The van der Waals surface area contributed by atoms with E-state index in [2.05, 4.69) is 5.10 Å². The number of rotatable bonds is 5. The summed E-state index contributed by atoms with van der Waals surface area (Å²) in [5.74, 6) is -0.669. The van der Waals surface area contributed by atoms with E-state index < -0.39 is 30.8 Å². The molecule has 0 saturated heterocycles. The quantitative estimate of drug-likeness (QED) is 0.720. The molecule has 1 N–H and O–H groups in total. The molecule has 0 saturated carbocycles. The van der Waals surface area contributed by atoms with E-state index in [0.29, 0.717) is 16.3 Å². The fraction of sp³-hybridized carbons (Fsp3) is 0.263. The Balaban J connectivity index is 1.85. The van der Waals surface area contributed by atoms with Crippen LogP contribution in [0.2, 0.25) is 10.0 Å². The van der Waals surface area contributed by atoms with Gasteiger partial charge in [0.25, 0.3) is 11.6 Å². The molecule has 0 radical (unpaired) electrons. The van der Waals surface area contributed by atoms with Crippen LogP contribution in [-0.2, 0) is 4.79 Å². The van der Waals surface area contributed by atoms with Crippen molar-refractivity contribution in [2.75, 3.05) is 13.7 Å². The Labute approximate surface area is 179 Å². The number of amides is 1. The Kier molecular flexibility index (Phi) is 6.16. The summed E-state index contributed by atoms with van der Waals surface area (Å²) in [4.78, 5) is 12.5. The van der Waals surface area contributed by atoms with Crippen molar-refractivity contribution in [3.63, 3.8) is 0 Å². The molecule has 0 spiro atoms. The zero-order valence-corrected chi connectivity index (χ0v) is 16.9. The second-order valence-corrected chi connectivity index (χ2v) is 7.18. The van der Waals surface area contributed by atoms with Crippen molar-refractivity contribution < 1.29 is 32.5 Å². The molecule has 1 aliphatic rings. The highest BCUT2D eigenvalue weighted by atomic mass is 35.5. The number of alkyl halides is 3. The molecule has 1 aliphatic heterocycles. The van der Waals surface area contributed by atoms with E-state index in [9.17, 15) is 23.1 Å². The Hall–Kier alpha value is -2.49. The molecule has 1 heterocycles. The highest BCUT2D eigenvalue weighted by Crippen LogP contribution is 2.41. The molecule has 30 heavy (non-hydrogen) atoms. The number of carbonyl (C=O) groups is 1. The summed E-state index contributed by atoms with van der Waals surface area (Å²) >= 11 is 11.7. The summed E-state index contributed by atoms with van der Waals surface area (Å²) in [5.41, 5.74) is -3.32. The molecule has 160 valence electrons. The number of nitrogens with zero attached hydrogens (tertiary/aromatic N) is 2. The van der Waals surface area contributed by atoms with E-state index in [1.54, 1.807) is 0 Å². The lowest BCUT2D eigenvalue weighted by Gasteiger charge is -2.32. The predicted octanol–water partition coefficient (Wildman–Crippen LogP) is 4.27. The van der Waals surface area contributed by atoms with Crippen LogP contribution < -0.4 is 9.47 Å². The first kappa shape index (κ1) is 22.2. The van der Waals surface area contributed by atoms with E-state index in [4.69, 9.17) is 32.7 Å². The van der Waals surface area contributed by atoms with Crippen LogP contribution in [0.1, 0.15) is 12.0 Å². The van der Waals surface area contributed by atoms with Crippen LogP contribution in [0.25, 0.3) is 0 Å². The van der Waals surface area contributed by atoms with Gasteiger partial charge in [0, 0.05) is 5.02 Å². The maximum Gasteiger partial charge on any atom is 0.438 e. The summed E-state index contributed by atoms with van der Waals surface area (Å²) in [5, 5.41) is 14.4. The first-order chi connectivity index (χ1) is 14.0. The van der Waals surface area contributed by atoms with E-state index >= 15 is 0 Å². The molecule has 0 bridgehead atoms. The number of hydrogen-bond acceptors (Lipinski definition) is 5. The number of benzene rings is 2. The third kappa shape index (κ3) is 4.33. The van der Waals surface area contributed by atoms with Crippen LogP contribution in [0.15, 0.2) is 47.6 Å². The number of methoxy groups -OCH3 is 1. The van der Waals surface area contributed by atoms with E-state index in [0.717, 1.165) is 0 Å². The Morgan fingerprint density at radius 3 is 2.47 bits per heavy atom. The van der Waals surface area contributed by atoms with Crippen LogP contribution in [0.5, 0.6) is 11.5 Å². The summed E-state index contributed by atoms with van der Waals surface area (Å²) in [7, 11) is 1.44. The van der Waals surface area contributed by atoms with Gasteiger partial charge in [-0.3, -0.25) is 4.79 Å². The Morgan fingerprint density at radius 2 is 1.90 bits per heavy atom. The second-order valence-electron chi connectivity index (χ2n) is 6.34. The van der Waals surface area contributed by atoms with Gasteiger partial charge in [-0.15, -0.1) is 0 Å². The van der Waals surface area contributed by atoms with Gasteiger partial charge in [-0.2, -0.15) is 23.3 Å². The van der Waals surface area contributed by atoms with Crippen molar-refractivity contribution in [3.8, 4) is 11.5 Å². The molecule has 1 amide bonds. The standard InChI is InChI=1S/C19H15Cl2F3N2O4/c1-29-13-5-2-11(3-6-13)15-9-18(28,19(22,23)24)26(25-15)17(27)10-30-16-7-4-12(20)8-14(16)21/h2-8,28H,9-10H2,1H3. The summed E-state index contributed by atoms with van der Waals surface area (Å²) in [6, 6.07) is 10.2. The highest BCUT2D eigenvalue weighted by molar-refractivity contribution is 6.35. The number of aliphatic hydroxyl groups is 1. The molecule has 1 unspecified atom stereocenters. The molecule has 11 heteroatoms. The number of halogens is 5. The van der Waals surface area contributed by atoms with Gasteiger partial charge >= 0.3 is 6.18 Å². The average Bonchev–Trinajstić information content (AvgIpc) is 3.06. The van der Waals surface area contributed by atoms with Crippen LogP contribution in [-0.4, -0.2) is 47.4 Å². The van der Waals surface area contributed by atoms with Crippen molar-refractivity contribution in [1.29, 1.82) is 0 Å². The SMILES string of the molecule is COc1ccc(C2=NN(C(=O)COc3ccc(Cl)cc3Cl)C(O)(C(F)(F)F)C2)cc1. The summed E-state index contributed by atoms with van der Waals surface area (Å²) in [6.45, 7) is -0.834. The van der Waals surface area contributed by atoms with Gasteiger partial charge in [0.15, 0.2) is 6.61 Å². The molecule has 2 aromatic rings. The normalized spacial score (nSPS) is 18.9. The molecule has 1 atom stereocenters. The van der Waals surface area contributed by atoms with Crippen molar-refractivity contribution in [2.24, 2.45) is 5.10 Å². The van der Waals surface area contributed by atoms with Crippen molar-refractivity contribution in [2.45, 2.75) is 18.3 Å². The maximum atomic E-state index is 13.6. The second kappa shape index (κ2) is 8.33. The zero-order valence-electron chi connectivity index (χ0n) is 15.4. The topological polar surface area (TPSA) is 71.4 Å². The average molecular weight is 463 g/mol. The third-order valence-corrected chi connectivity index (χ3v) is 4.87. The first-order valence-electron chi connectivity index (χ1n) is 8.47. The lowest BCUT2D eigenvalue weighted by Crippen LogP contribution is -2.57. The zero-order chi connectivity index (χ0) is 22.1. The summed E-state index contributed by atoms with van der Waals surface area (Å²) in [6.07, 6.45) is -6.09. The number of hydrogen-bond donors (Lipinski definition) is 1. The lowest BCUT2D eigenvalue weighted by molar-refractivity contribution is -0.302. The van der Waals surface area contributed by atoms with Gasteiger partial charge in [-0.1, -0.05) is 23.2 Å². The number of carbonyl (C=O) groups excluding carboxylic acids is 1. The van der Waals surface area contributed by atoms with Crippen molar-refractivity contribution >= 4 is 34.8 Å². The van der Waals surface area contributed by atoms with Gasteiger partial charge in [0.2, 0.25) is 0 Å². The maximum absolute atomic E-state index is 13.6. The molecule has 0 fully saturated rings. The molecule has 2 aromatic carbocycles. The fourth-order valence-corrected chi connectivity index (χ4v) is 3.23. The molecule has 0 aromatic heterocycles. The first-order valence-corrected chi connectivity index (χ1v) is 9.22. The van der Waals surface area contributed by atoms with Crippen LogP contribution in [0, 0.1) is 0 Å². The fourth-order valence-electron chi connectivity index (χ4n) is 2.77. The van der Waals surface area contributed by atoms with Gasteiger partial charge < -0.3 is 14.6 Å². The molecule has 6 nitrogen and oxygen atoms in total. The van der Waals surface area contributed by atoms with Gasteiger partial charge in [0.05, 0.1) is 24.3 Å². The van der Waals surface area contributed by atoms with E-state index in [1.165, 1.54) is 49.6 Å². The monoisotopic (exact) mass is 462 g/mol. The minimum atomic E-state index is -5.15. The van der Waals surface area contributed by atoms with Gasteiger partial charge in [-0.25, -0.2) is 0 Å². The van der Waals surface area contributed by atoms with Crippen molar-refractivity contribution in [3.05, 3.63) is 58.1 Å². The lowest BCUT2D eigenvalue weighted by atomic mass is 10.0. The Bertz CT molecular complexity index is 983. The van der Waals surface area contributed by atoms with E-state index in [1.807, 2.05) is 0 Å². The molecule has 0 aliphatic carbocycles. The molecular weight excluding hydrogens is 448 g/mol. The van der Waals surface area contributed by atoms with Crippen LogP contribution in [0.4, 0.5) is 13.2 Å². The van der Waals surface area contributed by atoms with Crippen LogP contribution in [0.3, 0.4) is 0 Å². The van der Waals surface area contributed by atoms with Crippen LogP contribution >= 0.6 is 23.2 Å². The Morgan fingerprint density at radius 1 is 1.23 bits per heavy atom. The molecular formula is C19H15Cl2F3N2O4. The number of hydrazone groups is 1. The predicted molar refractivity (Wildman–Crippen MR) is 104 cm³/mol. The van der Waals surface area contributed by atoms with Gasteiger partial charge in [-0.05, 0) is 48.0 Å². The minimum Gasteiger partial charge on any atom is -0.497 e. The largest absolute Gasteiger partial charge is 0.497 e. The number of ether oxygens (including phenoxy) is 2.